The number of hydrogen-bond donors (Lipinski definition) is 1. The summed E-state index contributed by atoms with van der Waals surface area (Å²) < 4.78 is 35.8. The first-order chi connectivity index (χ1) is 6.90. The van der Waals surface area contributed by atoms with Crippen LogP contribution in [-0.4, -0.2) is 11.9 Å². The summed E-state index contributed by atoms with van der Waals surface area (Å²) in [5.74, 6) is -0.919. The third-order valence-electron chi connectivity index (χ3n) is 1.57. The standard InChI is InChI=1S/C9H9ClF3NS/c10-7-1-6(4-14)2-8(3-7)15-5-9(11,12)13/h1-3H,4-5,14H2. The van der Waals surface area contributed by atoms with Crippen LogP contribution in [0.3, 0.4) is 0 Å². The van der Waals surface area contributed by atoms with Crippen molar-refractivity contribution >= 4 is 23.4 Å². The molecule has 0 amide bonds. The second kappa shape index (κ2) is 5.09. The number of alkyl halides is 3. The second-order valence-corrected chi connectivity index (χ2v) is 4.39. The average Bonchev–Trinajstić information content (AvgIpc) is 2.13. The number of nitrogens with two attached hydrogens (primary N) is 1. The highest BCUT2D eigenvalue weighted by atomic mass is 35.5. The Morgan fingerprint density at radius 2 is 1.93 bits per heavy atom. The van der Waals surface area contributed by atoms with E-state index in [4.69, 9.17) is 17.3 Å². The molecule has 1 nitrogen and oxygen atoms in total. The number of halogens is 4. The van der Waals surface area contributed by atoms with Gasteiger partial charge >= 0.3 is 6.18 Å². The third kappa shape index (κ3) is 4.77. The summed E-state index contributed by atoms with van der Waals surface area (Å²) in [6.45, 7) is 0.264. The van der Waals surface area contributed by atoms with Crippen molar-refractivity contribution in [1.29, 1.82) is 0 Å². The topological polar surface area (TPSA) is 26.0 Å². The summed E-state index contributed by atoms with van der Waals surface area (Å²) >= 11 is 6.43. The van der Waals surface area contributed by atoms with Crippen LogP contribution in [0.15, 0.2) is 23.1 Å². The first-order valence-electron chi connectivity index (χ1n) is 4.10. The summed E-state index contributed by atoms with van der Waals surface area (Å²) in [6, 6.07) is 4.75. The van der Waals surface area contributed by atoms with Crippen LogP contribution in [0.25, 0.3) is 0 Å². The van der Waals surface area contributed by atoms with Crippen LogP contribution in [0.4, 0.5) is 13.2 Å². The van der Waals surface area contributed by atoms with E-state index in [0.29, 0.717) is 21.7 Å². The van der Waals surface area contributed by atoms with E-state index < -0.39 is 11.9 Å². The monoisotopic (exact) mass is 255 g/mol. The van der Waals surface area contributed by atoms with Gasteiger partial charge in [-0.3, -0.25) is 0 Å². The lowest BCUT2D eigenvalue weighted by Crippen LogP contribution is -2.10. The highest BCUT2D eigenvalue weighted by molar-refractivity contribution is 7.99. The Bertz CT molecular complexity index is 341. The Morgan fingerprint density at radius 3 is 2.47 bits per heavy atom. The SMILES string of the molecule is NCc1cc(Cl)cc(SCC(F)(F)F)c1. The third-order valence-corrected chi connectivity index (χ3v) is 2.83. The fourth-order valence-corrected chi connectivity index (χ4v) is 2.08. The van der Waals surface area contributed by atoms with Gasteiger partial charge in [-0.1, -0.05) is 11.6 Å². The van der Waals surface area contributed by atoms with Crippen LogP contribution in [0.1, 0.15) is 5.56 Å². The zero-order chi connectivity index (χ0) is 11.5. The molecular formula is C9H9ClF3NS. The molecule has 6 heteroatoms. The van der Waals surface area contributed by atoms with Crippen LogP contribution >= 0.6 is 23.4 Å². The normalized spacial score (nSPS) is 11.8. The Labute approximate surface area is 94.8 Å². The minimum Gasteiger partial charge on any atom is -0.326 e. The van der Waals surface area contributed by atoms with Crippen molar-refractivity contribution in [2.75, 3.05) is 5.75 Å². The fourth-order valence-electron chi connectivity index (χ4n) is 0.987. The lowest BCUT2D eigenvalue weighted by molar-refractivity contribution is -0.105. The zero-order valence-corrected chi connectivity index (χ0v) is 9.22. The first kappa shape index (κ1) is 12.7. The molecule has 1 rings (SSSR count). The Kier molecular flexibility index (Phi) is 4.31. The summed E-state index contributed by atoms with van der Waals surface area (Å²) in [5.41, 5.74) is 6.11. The highest BCUT2D eigenvalue weighted by Gasteiger charge is 2.27. The van der Waals surface area contributed by atoms with Gasteiger partial charge in [0.2, 0.25) is 0 Å². The minimum absolute atomic E-state index is 0.264. The summed E-state index contributed by atoms with van der Waals surface area (Å²) in [7, 11) is 0. The number of hydrogen-bond acceptors (Lipinski definition) is 2. The maximum Gasteiger partial charge on any atom is 0.398 e. The fraction of sp³-hybridized carbons (Fsp3) is 0.333. The molecule has 0 spiro atoms. The maximum absolute atomic E-state index is 11.9. The molecule has 0 atom stereocenters. The van der Waals surface area contributed by atoms with E-state index in [1.165, 1.54) is 6.07 Å². The van der Waals surface area contributed by atoms with Crippen molar-refractivity contribution in [3.05, 3.63) is 28.8 Å². The summed E-state index contributed by atoms with van der Waals surface area (Å²) in [4.78, 5) is 0.486. The van der Waals surface area contributed by atoms with Gasteiger partial charge in [0.25, 0.3) is 0 Å². The number of rotatable bonds is 3. The second-order valence-electron chi connectivity index (χ2n) is 2.90. The van der Waals surface area contributed by atoms with Crippen LogP contribution in [0.5, 0.6) is 0 Å². The molecule has 0 aliphatic heterocycles. The molecule has 1 aromatic rings. The van der Waals surface area contributed by atoms with Gasteiger partial charge in [0.1, 0.15) is 0 Å². The maximum atomic E-state index is 11.9. The quantitative estimate of drug-likeness (QED) is 0.837. The predicted octanol–water partition coefficient (Wildman–Crippen LogP) is 3.45. The molecule has 1 aromatic carbocycles. The van der Waals surface area contributed by atoms with E-state index >= 15 is 0 Å². The molecule has 0 radical (unpaired) electrons. The van der Waals surface area contributed by atoms with E-state index in [2.05, 4.69) is 0 Å². The average molecular weight is 256 g/mol. The Balaban J connectivity index is 2.73. The molecule has 0 aliphatic carbocycles. The van der Waals surface area contributed by atoms with Gasteiger partial charge in [0, 0.05) is 16.5 Å². The molecule has 84 valence electrons. The van der Waals surface area contributed by atoms with Gasteiger partial charge in [0.15, 0.2) is 0 Å². The molecule has 0 fully saturated rings. The molecule has 0 aromatic heterocycles. The number of thioether (sulfide) groups is 1. The van der Waals surface area contributed by atoms with Crippen molar-refractivity contribution in [1.82, 2.24) is 0 Å². The van der Waals surface area contributed by atoms with Crippen molar-refractivity contribution in [3.63, 3.8) is 0 Å². The molecule has 0 saturated heterocycles. The lowest BCUT2D eigenvalue weighted by atomic mass is 10.2. The van der Waals surface area contributed by atoms with Gasteiger partial charge in [-0.05, 0) is 23.8 Å². The van der Waals surface area contributed by atoms with E-state index in [1.807, 2.05) is 0 Å². The van der Waals surface area contributed by atoms with Gasteiger partial charge in [-0.25, -0.2) is 0 Å². The molecule has 0 heterocycles. The van der Waals surface area contributed by atoms with Gasteiger partial charge in [0.05, 0.1) is 5.75 Å². The molecule has 0 unspecified atom stereocenters. The Morgan fingerprint density at radius 1 is 1.27 bits per heavy atom. The van der Waals surface area contributed by atoms with Crippen LogP contribution in [0, 0.1) is 0 Å². The zero-order valence-electron chi connectivity index (χ0n) is 7.64. The lowest BCUT2D eigenvalue weighted by Gasteiger charge is -2.07. The molecule has 2 N–H and O–H groups in total. The summed E-state index contributed by atoms with van der Waals surface area (Å²) in [6.07, 6.45) is -4.17. The van der Waals surface area contributed by atoms with Crippen LogP contribution in [0.2, 0.25) is 5.02 Å². The van der Waals surface area contributed by atoms with Gasteiger partial charge in [-0.2, -0.15) is 13.2 Å². The highest BCUT2D eigenvalue weighted by Crippen LogP contribution is 2.29. The van der Waals surface area contributed by atoms with Crippen LogP contribution < -0.4 is 5.73 Å². The van der Waals surface area contributed by atoms with Crippen molar-refractivity contribution in [2.24, 2.45) is 5.73 Å². The predicted molar refractivity (Wildman–Crippen MR) is 56.1 cm³/mol. The van der Waals surface area contributed by atoms with E-state index in [0.717, 1.165) is 5.56 Å². The van der Waals surface area contributed by atoms with Gasteiger partial charge < -0.3 is 5.73 Å². The van der Waals surface area contributed by atoms with Gasteiger partial charge in [-0.15, -0.1) is 11.8 Å². The molecule has 0 aliphatic rings. The Hall–Kier alpha value is -0.390. The van der Waals surface area contributed by atoms with Crippen molar-refractivity contribution in [3.8, 4) is 0 Å². The van der Waals surface area contributed by atoms with E-state index in [1.54, 1.807) is 12.1 Å². The van der Waals surface area contributed by atoms with E-state index in [-0.39, 0.29) is 6.54 Å². The number of benzene rings is 1. The molecule has 0 bridgehead atoms. The minimum atomic E-state index is -4.17. The van der Waals surface area contributed by atoms with E-state index in [9.17, 15) is 13.2 Å². The van der Waals surface area contributed by atoms with Crippen molar-refractivity contribution < 1.29 is 13.2 Å². The molecule has 15 heavy (non-hydrogen) atoms. The van der Waals surface area contributed by atoms with Crippen molar-refractivity contribution in [2.45, 2.75) is 17.6 Å². The molecular weight excluding hydrogens is 247 g/mol. The largest absolute Gasteiger partial charge is 0.398 e. The van der Waals surface area contributed by atoms with Crippen LogP contribution in [-0.2, 0) is 6.54 Å². The molecule has 0 saturated carbocycles. The first-order valence-corrected chi connectivity index (χ1v) is 5.46. The summed E-state index contributed by atoms with van der Waals surface area (Å²) in [5, 5.41) is 0.405. The smallest absolute Gasteiger partial charge is 0.326 e.